The van der Waals surface area contributed by atoms with Crippen molar-refractivity contribution in [3.8, 4) is 0 Å². The van der Waals surface area contributed by atoms with Crippen LogP contribution in [0.5, 0.6) is 0 Å². The molecule has 0 saturated carbocycles. The Kier molecular flexibility index (Phi) is 6.17. The van der Waals surface area contributed by atoms with Gasteiger partial charge in [0.05, 0.1) is 6.61 Å². The van der Waals surface area contributed by atoms with E-state index in [-0.39, 0.29) is 19.3 Å². The Morgan fingerprint density at radius 3 is 2.53 bits per heavy atom. The van der Waals surface area contributed by atoms with Crippen LogP contribution in [0.25, 0.3) is 0 Å². The number of likely N-dealkylation sites (tertiary alicyclic amines) is 1. The lowest BCUT2D eigenvalue weighted by atomic mass is 9.97. The van der Waals surface area contributed by atoms with Gasteiger partial charge in [-0.15, -0.1) is 0 Å². The van der Waals surface area contributed by atoms with Gasteiger partial charge in [-0.3, -0.25) is 0 Å². The molecular weight excluding hydrogens is 192 g/mol. The molecule has 1 aliphatic rings. The molecule has 1 unspecified atom stereocenters. The van der Waals surface area contributed by atoms with Gasteiger partial charge in [-0.2, -0.15) is 0 Å². The summed E-state index contributed by atoms with van der Waals surface area (Å²) in [6.45, 7) is 3.59. The van der Waals surface area contributed by atoms with E-state index in [1.807, 2.05) is 0 Å². The normalized spacial score (nSPS) is 21.8. The highest BCUT2D eigenvalue weighted by molar-refractivity contribution is 4.74. The number of piperidine rings is 1. The maximum Gasteiger partial charge on any atom is 0.0585 e. The number of hydrogen-bond acceptors (Lipinski definition) is 4. The standard InChI is InChI=1S/C11H24N2O2/c1-13-5-2-10(3-6-13)8-12-11(9-15)4-7-14/h10-12,14-15H,2-9H2,1H3. The fourth-order valence-corrected chi connectivity index (χ4v) is 2.01. The molecule has 0 spiro atoms. The summed E-state index contributed by atoms with van der Waals surface area (Å²) in [6.07, 6.45) is 3.12. The van der Waals surface area contributed by atoms with E-state index in [4.69, 9.17) is 10.2 Å². The highest BCUT2D eigenvalue weighted by Gasteiger charge is 2.17. The largest absolute Gasteiger partial charge is 0.396 e. The molecule has 3 N–H and O–H groups in total. The molecule has 1 saturated heterocycles. The van der Waals surface area contributed by atoms with Crippen LogP contribution in [0.1, 0.15) is 19.3 Å². The van der Waals surface area contributed by atoms with Crippen molar-refractivity contribution in [1.82, 2.24) is 10.2 Å². The number of nitrogens with one attached hydrogen (secondary N) is 1. The van der Waals surface area contributed by atoms with Crippen molar-refractivity contribution in [2.75, 3.05) is 39.9 Å². The zero-order valence-corrected chi connectivity index (χ0v) is 9.65. The van der Waals surface area contributed by atoms with E-state index in [2.05, 4.69) is 17.3 Å². The van der Waals surface area contributed by atoms with Crippen LogP contribution in [0.3, 0.4) is 0 Å². The summed E-state index contributed by atoms with van der Waals surface area (Å²) in [5, 5.41) is 21.2. The van der Waals surface area contributed by atoms with E-state index in [1.165, 1.54) is 25.9 Å². The Labute approximate surface area is 92.3 Å². The summed E-state index contributed by atoms with van der Waals surface area (Å²) in [5.74, 6) is 0.731. The van der Waals surface area contributed by atoms with Gasteiger partial charge in [0, 0.05) is 12.6 Å². The van der Waals surface area contributed by atoms with Gasteiger partial charge in [0.25, 0.3) is 0 Å². The minimum Gasteiger partial charge on any atom is -0.396 e. The fourth-order valence-electron chi connectivity index (χ4n) is 2.01. The first-order valence-corrected chi connectivity index (χ1v) is 5.90. The van der Waals surface area contributed by atoms with Crippen LogP contribution in [0.4, 0.5) is 0 Å². The predicted octanol–water partition coefficient (Wildman–Crippen LogP) is -0.339. The summed E-state index contributed by atoms with van der Waals surface area (Å²) in [7, 11) is 2.16. The molecule has 4 nitrogen and oxygen atoms in total. The first-order chi connectivity index (χ1) is 7.26. The quantitative estimate of drug-likeness (QED) is 0.569. The molecule has 0 aromatic carbocycles. The van der Waals surface area contributed by atoms with Crippen molar-refractivity contribution < 1.29 is 10.2 Å². The van der Waals surface area contributed by atoms with Crippen LogP contribution in [0, 0.1) is 5.92 Å². The summed E-state index contributed by atoms with van der Waals surface area (Å²) >= 11 is 0. The molecular formula is C11H24N2O2. The van der Waals surface area contributed by atoms with Crippen molar-refractivity contribution in [2.45, 2.75) is 25.3 Å². The van der Waals surface area contributed by atoms with Gasteiger partial charge in [0.15, 0.2) is 0 Å². The number of nitrogens with zero attached hydrogens (tertiary/aromatic N) is 1. The highest BCUT2D eigenvalue weighted by atomic mass is 16.3. The van der Waals surface area contributed by atoms with E-state index >= 15 is 0 Å². The number of aliphatic hydroxyl groups excluding tert-OH is 2. The van der Waals surface area contributed by atoms with E-state index in [0.29, 0.717) is 6.42 Å². The maximum absolute atomic E-state index is 9.05. The SMILES string of the molecule is CN1CCC(CNC(CO)CCO)CC1. The summed E-state index contributed by atoms with van der Waals surface area (Å²) in [6, 6.07) is 0.0645. The first kappa shape index (κ1) is 12.9. The van der Waals surface area contributed by atoms with Crippen LogP contribution in [-0.4, -0.2) is 61.1 Å². The third-order valence-electron chi connectivity index (χ3n) is 3.23. The molecule has 0 aliphatic carbocycles. The minimum atomic E-state index is 0.0645. The van der Waals surface area contributed by atoms with Crippen molar-refractivity contribution in [1.29, 1.82) is 0 Å². The van der Waals surface area contributed by atoms with Crippen LogP contribution < -0.4 is 5.32 Å². The summed E-state index contributed by atoms with van der Waals surface area (Å²) in [5.41, 5.74) is 0. The van der Waals surface area contributed by atoms with Crippen molar-refractivity contribution in [3.05, 3.63) is 0 Å². The number of hydrogen-bond donors (Lipinski definition) is 3. The lowest BCUT2D eigenvalue weighted by Crippen LogP contribution is -2.40. The Morgan fingerprint density at radius 2 is 2.00 bits per heavy atom. The van der Waals surface area contributed by atoms with Crippen molar-refractivity contribution in [3.63, 3.8) is 0 Å². The lowest BCUT2D eigenvalue weighted by molar-refractivity contribution is 0.179. The topological polar surface area (TPSA) is 55.7 Å². The molecule has 0 aromatic heterocycles. The molecule has 90 valence electrons. The molecule has 1 rings (SSSR count). The molecule has 1 aliphatic heterocycles. The molecule has 0 radical (unpaired) electrons. The average Bonchev–Trinajstić information content (AvgIpc) is 2.26. The third-order valence-corrected chi connectivity index (χ3v) is 3.23. The molecule has 0 amide bonds. The predicted molar refractivity (Wildman–Crippen MR) is 60.8 cm³/mol. The second-order valence-electron chi connectivity index (χ2n) is 4.55. The van der Waals surface area contributed by atoms with Gasteiger partial charge in [-0.05, 0) is 51.9 Å². The Morgan fingerprint density at radius 1 is 1.33 bits per heavy atom. The van der Waals surface area contributed by atoms with Crippen LogP contribution in [0.2, 0.25) is 0 Å². The minimum absolute atomic E-state index is 0.0645. The zero-order valence-electron chi connectivity index (χ0n) is 9.65. The maximum atomic E-state index is 9.05. The Bertz CT molecular complexity index is 159. The molecule has 4 heteroatoms. The molecule has 0 bridgehead atoms. The summed E-state index contributed by atoms with van der Waals surface area (Å²) < 4.78 is 0. The third kappa shape index (κ3) is 4.93. The molecule has 1 heterocycles. The molecule has 15 heavy (non-hydrogen) atoms. The van der Waals surface area contributed by atoms with E-state index in [0.717, 1.165) is 12.5 Å². The Hall–Kier alpha value is -0.160. The van der Waals surface area contributed by atoms with Crippen molar-refractivity contribution >= 4 is 0 Å². The monoisotopic (exact) mass is 216 g/mol. The van der Waals surface area contributed by atoms with Gasteiger partial charge >= 0.3 is 0 Å². The van der Waals surface area contributed by atoms with Gasteiger partial charge < -0.3 is 20.4 Å². The second-order valence-corrected chi connectivity index (χ2v) is 4.55. The average molecular weight is 216 g/mol. The Balaban J connectivity index is 2.12. The lowest BCUT2D eigenvalue weighted by Gasteiger charge is -2.30. The fraction of sp³-hybridized carbons (Fsp3) is 1.00. The highest BCUT2D eigenvalue weighted by Crippen LogP contribution is 2.14. The molecule has 1 fully saturated rings. The number of rotatable bonds is 6. The van der Waals surface area contributed by atoms with Gasteiger partial charge in [-0.1, -0.05) is 0 Å². The summed E-state index contributed by atoms with van der Waals surface area (Å²) in [4.78, 5) is 2.35. The van der Waals surface area contributed by atoms with E-state index < -0.39 is 0 Å². The second kappa shape index (κ2) is 7.17. The van der Waals surface area contributed by atoms with Crippen LogP contribution >= 0.6 is 0 Å². The first-order valence-electron chi connectivity index (χ1n) is 5.90. The van der Waals surface area contributed by atoms with E-state index in [1.54, 1.807) is 0 Å². The molecule has 0 aromatic rings. The van der Waals surface area contributed by atoms with Gasteiger partial charge in [0.1, 0.15) is 0 Å². The van der Waals surface area contributed by atoms with Crippen LogP contribution in [-0.2, 0) is 0 Å². The number of aliphatic hydroxyl groups is 2. The molecule has 1 atom stereocenters. The van der Waals surface area contributed by atoms with Gasteiger partial charge in [-0.25, -0.2) is 0 Å². The van der Waals surface area contributed by atoms with Crippen LogP contribution in [0.15, 0.2) is 0 Å². The zero-order chi connectivity index (χ0) is 11.1. The van der Waals surface area contributed by atoms with Crippen molar-refractivity contribution in [2.24, 2.45) is 5.92 Å². The van der Waals surface area contributed by atoms with Gasteiger partial charge in [0.2, 0.25) is 0 Å². The smallest absolute Gasteiger partial charge is 0.0585 e. The van der Waals surface area contributed by atoms with E-state index in [9.17, 15) is 0 Å².